The fourth-order valence-electron chi connectivity index (χ4n) is 8.99. The van der Waals surface area contributed by atoms with Crippen molar-refractivity contribution in [2.24, 2.45) is 0 Å². The first-order valence-corrected chi connectivity index (χ1v) is 21.5. The van der Waals surface area contributed by atoms with Gasteiger partial charge in [-0.1, -0.05) is 176 Å². The molecule has 0 atom stereocenters. The standard InChI is InChI=1S/C49H34O3P2/c50-34-25-28-42-41-23-13-14-24-45(41)49(46(42)31-34)47-32-39(53(51,35-15-5-1-6-16-35)36-17-7-2-8-18-36)26-29-43(47)44-30-27-40(33-48(44)49)54(52,37-19-9-3-10-20-37)38-21-11-4-12-22-38/h1-33,50H. The largest absolute Gasteiger partial charge is 0.508 e. The zero-order valence-corrected chi connectivity index (χ0v) is 31.0. The van der Waals surface area contributed by atoms with Crippen LogP contribution in [0.25, 0.3) is 22.3 Å². The molecular weight excluding hydrogens is 698 g/mol. The van der Waals surface area contributed by atoms with Crippen molar-refractivity contribution >= 4 is 46.1 Å². The molecule has 0 saturated carbocycles. The molecule has 8 aromatic carbocycles. The van der Waals surface area contributed by atoms with Gasteiger partial charge in [0.2, 0.25) is 0 Å². The maximum atomic E-state index is 15.9. The van der Waals surface area contributed by atoms with Crippen molar-refractivity contribution in [1.29, 1.82) is 0 Å². The van der Waals surface area contributed by atoms with Crippen molar-refractivity contribution < 1.29 is 14.2 Å². The normalized spacial score (nSPS) is 13.6. The number of hydrogen-bond donors (Lipinski definition) is 1. The van der Waals surface area contributed by atoms with Gasteiger partial charge in [0.15, 0.2) is 14.3 Å². The van der Waals surface area contributed by atoms with Crippen LogP contribution in [0.5, 0.6) is 5.75 Å². The molecule has 8 aromatic rings. The first kappa shape index (κ1) is 32.7. The summed E-state index contributed by atoms with van der Waals surface area (Å²) in [6.45, 7) is 0. The van der Waals surface area contributed by atoms with Crippen LogP contribution in [0.15, 0.2) is 200 Å². The second-order valence-corrected chi connectivity index (χ2v) is 19.6. The van der Waals surface area contributed by atoms with Crippen LogP contribution in [0.3, 0.4) is 0 Å². The highest BCUT2D eigenvalue weighted by Gasteiger charge is 2.53. The summed E-state index contributed by atoms with van der Waals surface area (Å²) < 4.78 is 31.7. The molecule has 1 spiro atoms. The Kier molecular flexibility index (Phi) is 7.43. The Balaban J connectivity index is 1.31. The van der Waals surface area contributed by atoms with Gasteiger partial charge in [-0.15, -0.1) is 0 Å². The van der Waals surface area contributed by atoms with E-state index in [4.69, 9.17) is 0 Å². The summed E-state index contributed by atoms with van der Waals surface area (Å²) in [5.74, 6) is 0.168. The van der Waals surface area contributed by atoms with Crippen LogP contribution < -0.4 is 31.8 Å². The van der Waals surface area contributed by atoms with Gasteiger partial charge in [-0.25, -0.2) is 0 Å². The Bertz CT molecular complexity index is 2600. The number of phenolic OH excluding ortho intramolecular Hbond substituents is 1. The number of benzene rings is 8. The van der Waals surface area contributed by atoms with Crippen molar-refractivity contribution in [3.8, 4) is 28.0 Å². The van der Waals surface area contributed by atoms with Gasteiger partial charge in [-0.3, -0.25) is 0 Å². The van der Waals surface area contributed by atoms with E-state index in [1.165, 1.54) is 0 Å². The van der Waals surface area contributed by atoms with Crippen molar-refractivity contribution in [2.45, 2.75) is 5.41 Å². The van der Waals surface area contributed by atoms with E-state index >= 15 is 9.13 Å². The third-order valence-electron chi connectivity index (χ3n) is 11.3. The van der Waals surface area contributed by atoms with Crippen molar-refractivity contribution in [3.05, 3.63) is 222 Å². The molecule has 0 aromatic heterocycles. The van der Waals surface area contributed by atoms with Gasteiger partial charge in [0.1, 0.15) is 5.75 Å². The van der Waals surface area contributed by atoms with Crippen molar-refractivity contribution in [2.75, 3.05) is 0 Å². The van der Waals surface area contributed by atoms with Crippen LogP contribution in [0, 0.1) is 0 Å². The molecule has 2 aliphatic rings. The van der Waals surface area contributed by atoms with E-state index in [0.29, 0.717) is 0 Å². The third-order valence-corrected chi connectivity index (χ3v) is 17.5. The molecule has 0 radical (unpaired) electrons. The smallest absolute Gasteiger partial charge is 0.171 e. The van der Waals surface area contributed by atoms with Gasteiger partial charge in [-0.05, 0) is 68.8 Å². The maximum Gasteiger partial charge on any atom is 0.171 e. The zero-order chi connectivity index (χ0) is 36.5. The molecule has 1 N–H and O–H groups in total. The first-order chi connectivity index (χ1) is 26.4. The summed E-state index contributed by atoms with van der Waals surface area (Å²) in [7, 11) is -6.70. The lowest BCUT2D eigenvalue weighted by molar-refractivity contribution is 0.474. The molecule has 0 saturated heterocycles. The monoisotopic (exact) mass is 732 g/mol. The highest BCUT2D eigenvalue weighted by atomic mass is 31.2. The zero-order valence-electron chi connectivity index (χ0n) is 29.2. The molecule has 5 heteroatoms. The summed E-state index contributed by atoms with van der Waals surface area (Å²) in [6, 6.07) is 65.7. The molecule has 0 unspecified atom stereocenters. The molecule has 3 nitrogen and oxygen atoms in total. The van der Waals surface area contributed by atoms with Crippen molar-refractivity contribution in [1.82, 2.24) is 0 Å². The molecule has 0 heterocycles. The Hall–Kier alpha value is -5.98. The van der Waals surface area contributed by atoms with Gasteiger partial charge in [0, 0.05) is 31.8 Å². The van der Waals surface area contributed by atoms with Crippen LogP contribution in [0.2, 0.25) is 0 Å². The highest BCUT2D eigenvalue weighted by Crippen LogP contribution is 2.64. The summed E-state index contributed by atoms with van der Waals surface area (Å²) in [4.78, 5) is 0. The Morgan fingerprint density at radius 1 is 0.315 bits per heavy atom. The lowest BCUT2D eigenvalue weighted by atomic mass is 9.70. The van der Waals surface area contributed by atoms with Crippen LogP contribution >= 0.6 is 14.3 Å². The Morgan fingerprint density at radius 2 is 0.648 bits per heavy atom. The van der Waals surface area contributed by atoms with E-state index in [1.54, 1.807) is 6.07 Å². The third kappa shape index (κ3) is 4.50. The predicted octanol–water partition coefficient (Wildman–Crippen LogP) is 9.01. The predicted molar refractivity (Wildman–Crippen MR) is 223 cm³/mol. The summed E-state index contributed by atoms with van der Waals surface area (Å²) in [5.41, 5.74) is 7.26. The SMILES string of the molecule is O=P(c1ccccc1)(c1ccccc1)c1ccc2c(c1)C1(c3ccccc3-c3ccc(O)cc31)c1cc(P(=O)(c3ccccc3)c3ccccc3)ccc1-2. The second kappa shape index (κ2) is 12.3. The molecule has 0 amide bonds. The topological polar surface area (TPSA) is 54.4 Å². The molecule has 54 heavy (non-hydrogen) atoms. The van der Waals surface area contributed by atoms with E-state index in [1.807, 2.05) is 146 Å². The molecule has 0 fully saturated rings. The number of aromatic hydroxyl groups is 1. The Labute approximate surface area is 315 Å². The van der Waals surface area contributed by atoms with Gasteiger partial charge in [0.05, 0.1) is 5.41 Å². The van der Waals surface area contributed by atoms with Crippen LogP contribution in [-0.2, 0) is 14.5 Å². The van der Waals surface area contributed by atoms with Crippen LogP contribution in [0.1, 0.15) is 22.3 Å². The van der Waals surface area contributed by atoms with Gasteiger partial charge in [-0.2, -0.15) is 0 Å². The van der Waals surface area contributed by atoms with Gasteiger partial charge < -0.3 is 14.2 Å². The quantitative estimate of drug-likeness (QED) is 0.174. The average molecular weight is 733 g/mol. The number of fused-ring (bicyclic) bond motifs is 10. The number of rotatable bonds is 6. The van der Waals surface area contributed by atoms with E-state index < -0.39 is 19.7 Å². The van der Waals surface area contributed by atoms with Crippen molar-refractivity contribution in [3.63, 3.8) is 0 Å². The van der Waals surface area contributed by atoms with Crippen LogP contribution in [0.4, 0.5) is 0 Å². The molecule has 0 aliphatic heterocycles. The van der Waals surface area contributed by atoms with Gasteiger partial charge >= 0.3 is 0 Å². The average Bonchev–Trinajstić information content (AvgIpc) is 3.70. The Morgan fingerprint density at radius 3 is 1.07 bits per heavy atom. The minimum Gasteiger partial charge on any atom is -0.508 e. The van der Waals surface area contributed by atoms with E-state index in [9.17, 15) is 5.11 Å². The molecule has 2 aliphatic carbocycles. The fraction of sp³-hybridized carbons (Fsp3) is 0.0204. The molecule has 0 bridgehead atoms. The summed E-state index contributed by atoms with van der Waals surface area (Å²) >= 11 is 0. The van der Waals surface area contributed by atoms with Crippen LogP contribution in [-0.4, -0.2) is 5.11 Å². The molecular formula is C49H34O3P2. The number of phenols is 1. The highest BCUT2D eigenvalue weighted by molar-refractivity contribution is 7.85. The lowest BCUT2D eigenvalue weighted by Gasteiger charge is -2.32. The van der Waals surface area contributed by atoms with E-state index in [0.717, 1.165) is 76.3 Å². The minimum absolute atomic E-state index is 0.168. The van der Waals surface area contributed by atoms with E-state index in [-0.39, 0.29) is 5.75 Å². The maximum absolute atomic E-state index is 15.9. The lowest BCUT2D eigenvalue weighted by Crippen LogP contribution is -2.31. The van der Waals surface area contributed by atoms with E-state index in [2.05, 4.69) is 48.5 Å². The fourth-order valence-corrected chi connectivity index (χ4v) is 14.3. The second-order valence-electron chi connectivity index (χ2n) is 14.0. The molecule has 258 valence electrons. The number of hydrogen-bond acceptors (Lipinski definition) is 3. The summed E-state index contributed by atoms with van der Waals surface area (Å²) in [5, 5.41) is 15.7. The molecule has 10 rings (SSSR count). The first-order valence-electron chi connectivity index (χ1n) is 18.1. The van der Waals surface area contributed by atoms with Gasteiger partial charge in [0.25, 0.3) is 0 Å². The summed E-state index contributed by atoms with van der Waals surface area (Å²) in [6.07, 6.45) is 0. The minimum atomic E-state index is -3.35.